The molecule has 0 spiro atoms. The van der Waals surface area contributed by atoms with Crippen molar-refractivity contribution in [3.8, 4) is 6.07 Å². The molecule has 0 fully saturated rings. The molecular formula is C9H17NO. The van der Waals surface area contributed by atoms with Crippen molar-refractivity contribution >= 4 is 0 Å². The molecule has 2 unspecified atom stereocenters. The third-order valence-electron chi connectivity index (χ3n) is 1.92. The van der Waals surface area contributed by atoms with Gasteiger partial charge in [0.15, 0.2) is 0 Å². The molecule has 0 aromatic rings. The summed E-state index contributed by atoms with van der Waals surface area (Å²) in [6.07, 6.45) is 3.20. The van der Waals surface area contributed by atoms with E-state index in [1.807, 2.05) is 6.92 Å². The van der Waals surface area contributed by atoms with Gasteiger partial charge in [-0.25, -0.2) is 0 Å². The summed E-state index contributed by atoms with van der Waals surface area (Å²) >= 11 is 0. The Balaban J connectivity index is 3.62. The number of nitrogens with zero attached hydrogens (tertiary/aromatic N) is 1. The van der Waals surface area contributed by atoms with E-state index in [1.165, 1.54) is 0 Å². The Kier molecular flexibility index (Phi) is 5.87. The molecule has 11 heavy (non-hydrogen) atoms. The van der Waals surface area contributed by atoms with Crippen molar-refractivity contribution in [1.29, 1.82) is 5.26 Å². The van der Waals surface area contributed by atoms with Gasteiger partial charge in [0.2, 0.25) is 0 Å². The number of hydrogen-bond acceptors (Lipinski definition) is 2. The third-order valence-corrected chi connectivity index (χ3v) is 1.92. The maximum atomic E-state index is 9.42. The van der Waals surface area contributed by atoms with Crippen LogP contribution >= 0.6 is 0 Å². The van der Waals surface area contributed by atoms with Gasteiger partial charge in [0.1, 0.15) is 0 Å². The summed E-state index contributed by atoms with van der Waals surface area (Å²) in [5.74, 6) is -0.165. The molecule has 2 atom stereocenters. The summed E-state index contributed by atoms with van der Waals surface area (Å²) in [4.78, 5) is 0. The number of aliphatic hydroxyl groups is 1. The van der Waals surface area contributed by atoms with Gasteiger partial charge >= 0.3 is 0 Å². The largest absolute Gasteiger partial charge is 0.392 e. The zero-order chi connectivity index (χ0) is 8.69. The highest BCUT2D eigenvalue weighted by molar-refractivity contribution is 4.86. The molecule has 0 amide bonds. The van der Waals surface area contributed by atoms with Crippen molar-refractivity contribution < 1.29 is 5.11 Å². The van der Waals surface area contributed by atoms with Gasteiger partial charge in [-0.2, -0.15) is 5.26 Å². The van der Waals surface area contributed by atoms with E-state index in [-0.39, 0.29) is 5.92 Å². The Morgan fingerprint density at radius 3 is 2.45 bits per heavy atom. The second-order valence-corrected chi connectivity index (χ2v) is 2.85. The van der Waals surface area contributed by atoms with Gasteiger partial charge in [-0.1, -0.05) is 26.7 Å². The van der Waals surface area contributed by atoms with Crippen LogP contribution in [0, 0.1) is 17.2 Å². The molecule has 0 saturated heterocycles. The number of unbranched alkanes of at least 4 members (excludes halogenated alkanes) is 1. The first-order chi connectivity index (χ1) is 5.26. The molecule has 0 rings (SSSR count). The highest BCUT2D eigenvalue weighted by Crippen LogP contribution is 2.12. The summed E-state index contributed by atoms with van der Waals surface area (Å²) in [6, 6.07) is 2.11. The molecule has 0 aromatic carbocycles. The van der Waals surface area contributed by atoms with E-state index < -0.39 is 6.10 Å². The standard InChI is InChI=1S/C9H17NO/c1-3-5-6-9(11)8(4-2)7-10/h8-9,11H,3-6H2,1-2H3. The van der Waals surface area contributed by atoms with E-state index >= 15 is 0 Å². The number of rotatable bonds is 5. The van der Waals surface area contributed by atoms with Crippen LogP contribution in [0.5, 0.6) is 0 Å². The zero-order valence-corrected chi connectivity index (χ0v) is 7.38. The van der Waals surface area contributed by atoms with E-state index in [4.69, 9.17) is 5.26 Å². The van der Waals surface area contributed by atoms with Crippen LogP contribution in [-0.2, 0) is 0 Å². The molecule has 0 aliphatic carbocycles. The van der Waals surface area contributed by atoms with Gasteiger partial charge in [-0.15, -0.1) is 0 Å². The second kappa shape index (κ2) is 6.18. The lowest BCUT2D eigenvalue weighted by molar-refractivity contribution is 0.119. The number of nitriles is 1. The summed E-state index contributed by atoms with van der Waals surface area (Å²) < 4.78 is 0. The first-order valence-corrected chi connectivity index (χ1v) is 4.33. The van der Waals surface area contributed by atoms with Crippen LogP contribution in [0.4, 0.5) is 0 Å². The van der Waals surface area contributed by atoms with Crippen LogP contribution < -0.4 is 0 Å². The Bertz CT molecular complexity index is 128. The molecule has 0 aromatic heterocycles. The van der Waals surface area contributed by atoms with Gasteiger partial charge in [0, 0.05) is 0 Å². The summed E-state index contributed by atoms with van der Waals surface area (Å²) in [5, 5.41) is 18.0. The lowest BCUT2D eigenvalue weighted by atomic mass is 9.97. The molecule has 0 radical (unpaired) electrons. The molecule has 0 saturated carbocycles. The van der Waals surface area contributed by atoms with E-state index in [0.29, 0.717) is 0 Å². The van der Waals surface area contributed by atoms with E-state index in [0.717, 1.165) is 25.7 Å². The Labute approximate surface area is 68.8 Å². The van der Waals surface area contributed by atoms with Crippen molar-refractivity contribution in [2.24, 2.45) is 5.92 Å². The van der Waals surface area contributed by atoms with Crippen LogP contribution in [0.3, 0.4) is 0 Å². The van der Waals surface area contributed by atoms with Gasteiger partial charge in [-0.05, 0) is 12.8 Å². The fraction of sp³-hybridized carbons (Fsp3) is 0.889. The van der Waals surface area contributed by atoms with Crippen LogP contribution in [0.2, 0.25) is 0 Å². The smallest absolute Gasteiger partial charge is 0.0720 e. The minimum absolute atomic E-state index is 0.165. The fourth-order valence-corrected chi connectivity index (χ4v) is 1.06. The topological polar surface area (TPSA) is 44.0 Å². The quantitative estimate of drug-likeness (QED) is 0.660. The van der Waals surface area contributed by atoms with Crippen molar-refractivity contribution in [2.45, 2.75) is 45.6 Å². The molecule has 2 nitrogen and oxygen atoms in total. The van der Waals surface area contributed by atoms with Crippen molar-refractivity contribution in [2.75, 3.05) is 0 Å². The number of hydrogen-bond donors (Lipinski definition) is 1. The Hall–Kier alpha value is -0.550. The molecule has 0 aliphatic rings. The van der Waals surface area contributed by atoms with Crippen LogP contribution in [0.25, 0.3) is 0 Å². The highest BCUT2D eigenvalue weighted by atomic mass is 16.3. The lowest BCUT2D eigenvalue weighted by Crippen LogP contribution is -2.17. The van der Waals surface area contributed by atoms with Crippen LogP contribution in [-0.4, -0.2) is 11.2 Å². The fourth-order valence-electron chi connectivity index (χ4n) is 1.06. The summed E-state index contributed by atoms with van der Waals surface area (Å²) in [5.41, 5.74) is 0. The van der Waals surface area contributed by atoms with Crippen molar-refractivity contribution in [3.63, 3.8) is 0 Å². The van der Waals surface area contributed by atoms with Crippen molar-refractivity contribution in [3.05, 3.63) is 0 Å². The van der Waals surface area contributed by atoms with Gasteiger partial charge in [-0.3, -0.25) is 0 Å². The molecular weight excluding hydrogens is 138 g/mol. The first kappa shape index (κ1) is 10.4. The average Bonchev–Trinajstić information content (AvgIpc) is 2.03. The molecule has 2 heteroatoms. The maximum absolute atomic E-state index is 9.42. The minimum atomic E-state index is -0.412. The van der Waals surface area contributed by atoms with Crippen LogP contribution in [0.1, 0.15) is 39.5 Å². The first-order valence-electron chi connectivity index (χ1n) is 4.33. The molecule has 64 valence electrons. The SMILES string of the molecule is CCCCC(O)C(C#N)CC. The molecule has 0 bridgehead atoms. The Morgan fingerprint density at radius 2 is 2.09 bits per heavy atom. The summed E-state index contributed by atoms with van der Waals surface area (Å²) in [7, 11) is 0. The van der Waals surface area contributed by atoms with Crippen molar-refractivity contribution in [1.82, 2.24) is 0 Å². The summed E-state index contributed by atoms with van der Waals surface area (Å²) in [6.45, 7) is 4.02. The predicted octanol–water partition coefficient (Wildman–Crippen LogP) is 2.09. The van der Waals surface area contributed by atoms with Gasteiger partial charge in [0.25, 0.3) is 0 Å². The maximum Gasteiger partial charge on any atom is 0.0720 e. The average molecular weight is 155 g/mol. The normalized spacial score (nSPS) is 15.5. The van der Waals surface area contributed by atoms with E-state index in [9.17, 15) is 5.11 Å². The second-order valence-electron chi connectivity index (χ2n) is 2.85. The molecule has 0 aliphatic heterocycles. The molecule has 1 N–H and O–H groups in total. The van der Waals surface area contributed by atoms with Crippen LogP contribution in [0.15, 0.2) is 0 Å². The lowest BCUT2D eigenvalue weighted by Gasteiger charge is -2.13. The van der Waals surface area contributed by atoms with E-state index in [1.54, 1.807) is 0 Å². The predicted molar refractivity (Wildman–Crippen MR) is 44.9 cm³/mol. The van der Waals surface area contributed by atoms with E-state index in [2.05, 4.69) is 13.0 Å². The van der Waals surface area contributed by atoms with Gasteiger partial charge in [0.05, 0.1) is 18.1 Å². The molecule has 0 heterocycles. The minimum Gasteiger partial charge on any atom is -0.392 e. The van der Waals surface area contributed by atoms with Gasteiger partial charge < -0.3 is 5.11 Å². The highest BCUT2D eigenvalue weighted by Gasteiger charge is 2.15. The number of aliphatic hydroxyl groups excluding tert-OH is 1. The third kappa shape index (κ3) is 4.00. The Morgan fingerprint density at radius 1 is 1.45 bits per heavy atom. The zero-order valence-electron chi connectivity index (χ0n) is 7.38. The monoisotopic (exact) mass is 155 g/mol.